The number of hydrogen-bond acceptors (Lipinski definition) is 4. The van der Waals surface area contributed by atoms with Gasteiger partial charge in [0.2, 0.25) is 0 Å². The molecule has 0 unspecified atom stereocenters. The van der Waals surface area contributed by atoms with Gasteiger partial charge in [-0.15, -0.1) is 0 Å². The van der Waals surface area contributed by atoms with E-state index in [1.807, 2.05) is 0 Å². The van der Waals surface area contributed by atoms with Crippen LogP contribution in [0.1, 0.15) is 13.8 Å². The van der Waals surface area contributed by atoms with Gasteiger partial charge in [0.25, 0.3) is 5.91 Å². The lowest BCUT2D eigenvalue weighted by Crippen LogP contribution is -2.53. The predicted molar refractivity (Wildman–Crippen MR) is 91.7 cm³/mol. The maximum absolute atomic E-state index is 12.5. The highest BCUT2D eigenvalue weighted by Gasteiger charge is 2.28. The van der Waals surface area contributed by atoms with Gasteiger partial charge in [-0.2, -0.15) is 0 Å². The summed E-state index contributed by atoms with van der Waals surface area (Å²) in [5, 5.41) is 0.857. The van der Waals surface area contributed by atoms with Gasteiger partial charge >= 0.3 is 6.09 Å². The van der Waals surface area contributed by atoms with Crippen molar-refractivity contribution >= 4 is 35.2 Å². The van der Waals surface area contributed by atoms with E-state index in [0.717, 1.165) is 0 Å². The van der Waals surface area contributed by atoms with Crippen molar-refractivity contribution < 1.29 is 19.1 Å². The number of benzene rings is 1. The Kier molecular flexibility index (Phi) is 6.57. The smallest absolute Gasteiger partial charge is 0.409 e. The predicted octanol–water partition coefficient (Wildman–Crippen LogP) is 3.06. The Morgan fingerprint density at radius 1 is 1.17 bits per heavy atom. The lowest BCUT2D eigenvalue weighted by molar-refractivity contribution is -0.139. The highest BCUT2D eigenvalue weighted by Crippen LogP contribution is 2.28. The molecule has 24 heavy (non-hydrogen) atoms. The molecule has 132 valence electrons. The molecule has 1 aliphatic rings. The molecule has 2 amide bonds. The van der Waals surface area contributed by atoms with Crippen LogP contribution in [0, 0.1) is 0 Å². The van der Waals surface area contributed by atoms with Crippen molar-refractivity contribution in [3.63, 3.8) is 0 Å². The second-order valence-corrected chi connectivity index (χ2v) is 6.19. The van der Waals surface area contributed by atoms with Crippen molar-refractivity contribution in [3.05, 3.63) is 28.2 Å². The topological polar surface area (TPSA) is 59.1 Å². The monoisotopic (exact) mass is 374 g/mol. The van der Waals surface area contributed by atoms with Crippen molar-refractivity contribution in [1.29, 1.82) is 0 Å². The molecule has 6 nitrogen and oxygen atoms in total. The minimum absolute atomic E-state index is 0.149. The Hall–Kier alpha value is -1.66. The summed E-state index contributed by atoms with van der Waals surface area (Å²) >= 11 is 11.9. The Morgan fingerprint density at radius 3 is 2.38 bits per heavy atom. The van der Waals surface area contributed by atoms with E-state index in [0.29, 0.717) is 48.6 Å². The number of piperazine rings is 1. The second kappa shape index (κ2) is 8.44. The van der Waals surface area contributed by atoms with Crippen molar-refractivity contribution in [2.24, 2.45) is 0 Å². The molecule has 0 bridgehead atoms. The summed E-state index contributed by atoms with van der Waals surface area (Å²) < 4.78 is 10.6. The number of ether oxygens (including phenoxy) is 2. The number of rotatable bonds is 4. The van der Waals surface area contributed by atoms with E-state index in [2.05, 4.69) is 0 Å². The first kappa shape index (κ1) is 18.7. The molecule has 1 aromatic carbocycles. The van der Waals surface area contributed by atoms with Gasteiger partial charge < -0.3 is 19.3 Å². The summed E-state index contributed by atoms with van der Waals surface area (Å²) in [5.74, 6) is 0.261. The third kappa shape index (κ3) is 4.68. The average molecular weight is 375 g/mol. The van der Waals surface area contributed by atoms with Gasteiger partial charge in [-0.3, -0.25) is 4.79 Å². The van der Waals surface area contributed by atoms with E-state index in [-0.39, 0.29) is 12.0 Å². The zero-order valence-corrected chi connectivity index (χ0v) is 15.1. The molecule has 1 aliphatic heterocycles. The standard InChI is InChI=1S/C16H20Cl2N2O4/c1-3-23-16(22)20-8-6-19(7-9-20)15(21)11(2)24-14-5-4-12(17)10-13(14)18/h4-5,10-11H,3,6-9H2,1-2H3/t11-/m0/s1. The van der Waals surface area contributed by atoms with Gasteiger partial charge in [0, 0.05) is 31.2 Å². The Morgan fingerprint density at radius 2 is 1.79 bits per heavy atom. The SMILES string of the molecule is CCOC(=O)N1CCN(C(=O)[C@H](C)Oc2ccc(Cl)cc2Cl)CC1. The quantitative estimate of drug-likeness (QED) is 0.812. The van der Waals surface area contributed by atoms with E-state index in [1.54, 1.807) is 41.8 Å². The van der Waals surface area contributed by atoms with Gasteiger partial charge in [0.05, 0.1) is 11.6 Å². The molecule has 8 heteroatoms. The zero-order valence-electron chi connectivity index (χ0n) is 13.6. The summed E-state index contributed by atoms with van der Waals surface area (Å²) in [6.45, 7) is 5.55. The van der Waals surface area contributed by atoms with E-state index < -0.39 is 6.10 Å². The van der Waals surface area contributed by atoms with Crippen LogP contribution >= 0.6 is 23.2 Å². The van der Waals surface area contributed by atoms with Gasteiger partial charge in [-0.1, -0.05) is 23.2 Å². The largest absolute Gasteiger partial charge is 0.479 e. The minimum Gasteiger partial charge on any atom is -0.479 e. The fourth-order valence-electron chi connectivity index (χ4n) is 2.39. The van der Waals surface area contributed by atoms with Crippen LogP contribution in [0.4, 0.5) is 4.79 Å². The van der Waals surface area contributed by atoms with Gasteiger partial charge in [0.15, 0.2) is 6.10 Å². The Balaban J connectivity index is 1.89. The number of carbonyl (C=O) groups excluding carboxylic acids is 2. The average Bonchev–Trinajstić information content (AvgIpc) is 2.57. The van der Waals surface area contributed by atoms with Crippen LogP contribution in [0.15, 0.2) is 18.2 Å². The third-order valence-electron chi connectivity index (χ3n) is 3.66. The summed E-state index contributed by atoms with van der Waals surface area (Å²) in [5.41, 5.74) is 0. The molecule has 1 saturated heterocycles. The molecule has 1 atom stereocenters. The number of hydrogen-bond donors (Lipinski definition) is 0. The van der Waals surface area contributed by atoms with Crippen molar-refractivity contribution in [2.75, 3.05) is 32.8 Å². The number of halogens is 2. The fraction of sp³-hybridized carbons (Fsp3) is 0.500. The molecule has 0 N–H and O–H groups in total. The van der Waals surface area contributed by atoms with Crippen LogP contribution < -0.4 is 4.74 Å². The molecule has 0 saturated carbocycles. The van der Waals surface area contributed by atoms with E-state index in [1.165, 1.54) is 0 Å². The minimum atomic E-state index is -0.683. The van der Waals surface area contributed by atoms with E-state index in [4.69, 9.17) is 32.7 Å². The zero-order chi connectivity index (χ0) is 17.7. The Bertz CT molecular complexity index is 604. The fourth-order valence-corrected chi connectivity index (χ4v) is 2.85. The first-order valence-electron chi connectivity index (χ1n) is 7.74. The maximum atomic E-state index is 12.5. The number of carbonyl (C=O) groups is 2. The first-order valence-corrected chi connectivity index (χ1v) is 8.50. The summed E-state index contributed by atoms with van der Waals surface area (Å²) in [7, 11) is 0. The Labute approximate surface area is 151 Å². The maximum Gasteiger partial charge on any atom is 0.409 e. The molecule has 2 rings (SSSR count). The highest BCUT2D eigenvalue weighted by molar-refractivity contribution is 6.35. The van der Waals surface area contributed by atoms with Crippen LogP contribution in [-0.4, -0.2) is 60.7 Å². The van der Waals surface area contributed by atoms with Crippen LogP contribution in [0.25, 0.3) is 0 Å². The molecule has 0 aliphatic carbocycles. The van der Waals surface area contributed by atoms with Crippen molar-refractivity contribution in [2.45, 2.75) is 20.0 Å². The summed E-state index contributed by atoms with van der Waals surface area (Å²) in [6, 6.07) is 4.85. The molecule has 0 radical (unpaired) electrons. The highest BCUT2D eigenvalue weighted by atomic mass is 35.5. The van der Waals surface area contributed by atoms with Gasteiger partial charge in [-0.25, -0.2) is 4.79 Å². The van der Waals surface area contributed by atoms with Crippen LogP contribution in [-0.2, 0) is 9.53 Å². The van der Waals surface area contributed by atoms with Crippen molar-refractivity contribution in [1.82, 2.24) is 9.80 Å². The molecule has 0 aromatic heterocycles. The van der Waals surface area contributed by atoms with E-state index >= 15 is 0 Å². The molecule has 1 aromatic rings. The molecule has 1 heterocycles. The molecule has 1 fully saturated rings. The van der Waals surface area contributed by atoms with Crippen LogP contribution in [0.2, 0.25) is 10.0 Å². The van der Waals surface area contributed by atoms with Crippen LogP contribution in [0.3, 0.4) is 0 Å². The third-order valence-corrected chi connectivity index (χ3v) is 4.19. The molecular formula is C16H20Cl2N2O4. The normalized spacial score (nSPS) is 15.8. The van der Waals surface area contributed by atoms with Gasteiger partial charge in [0.1, 0.15) is 5.75 Å². The van der Waals surface area contributed by atoms with E-state index in [9.17, 15) is 9.59 Å². The summed E-state index contributed by atoms with van der Waals surface area (Å²) in [4.78, 5) is 27.4. The number of nitrogens with zero attached hydrogens (tertiary/aromatic N) is 2. The molecule has 0 spiro atoms. The molecular weight excluding hydrogens is 355 g/mol. The number of amides is 2. The lowest BCUT2D eigenvalue weighted by Gasteiger charge is -2.35. The first-order chi connectivity index (χ1) is 11.4. The lowest BCUT2D eigenvalue weighted by atomic mass is 10.2. The second-order valence-electron chi connectivity index (χ2n) is 5.35. The summed E-state index contributed by atoms with van der Waals surface area (Å²) in [6.07, 6.45) is -1.03. The van der Waals surface area contributed by atoms with Gasteiger partial charge in [-0.05, 0) is 32.0 Å². The van der Waals surface area contributed by atoms with Crippen LogP contribution in [0.5, 0.6) is 5.75 Å². The van der Waals surface area contributed by atoms with Crippen molar-refractivity contribution in [3.8, 4) is 5.75 Å².